The van der Waals surface area contributed by atoms with Crippen molar-refractivity contribution in [2.45, 2.75) is 25.2 Å². The third kappa shape index (κ3) is 2.36. The van der Waals surface area contributed by atoms with Crippen LogP contribution in [-0.4, -0.2) is 43.8 Å². The van der Waals surface area contributed by atoms with Gasteiger partial charge in [0.2, 0.25) is 5.91 Å². The average Bonchev–Trinajstić information content (AvgIpc) is 3.10. The molecule has 0 spiro atoms. The molecule has 0 radical (unpaired) electrons. The molecule has 1 atom stereocenters. The molecule has 1 aliphatic rings. The number of likely N-dealkylation sites (tertiary alicyclic amines) is 1. The standard InChI is InChI=1S/C17H16N6O/c18-5-3-14(24)23-7-1-2-11(9-23)16-15-12-4-6-19-17(12)20-8-13(15)21-10-22-16/h4,6,8,10-11H,1-3,7,9H2,(H,21,22)/t11-/m0/s1. The number of fused-ring (bicyclic) bond motifs is 3. The summed E-state index contributed by atoms with van der Waals surface area (Å²) in [6.07, 6.45) is 7.02. The number of carbonyl (C=O) groups excluding carboxylic acids is 1. The zero-order valence-electron chi connectivity index (χ0n) is 13.1. The van der Waals surface area contributed by atoms with Crippen LogP contribution < -0.4 is 0 Å². The van der Waals surface area contributed by atoms with Gasteiger partial charge in [-0.1, -0.05) is 0 Å². The van der Waals surface area contributed by atoms with E-state index in [4.69, 9.17) is 5.26 Å². The number of H-pyrrole nitrogens is 1. The summed E-state index contributed by atoms with van der Waals surface area (Å²) in [5.41, 5.74) is 2.60. The quantitative estimate of drug-likeness (QED) is 0.780. The molecule has 4 rings (SSSR count). The summed E-state index contributed by atoms with van der Waals surface area (Å²) in [6.45, 7) is 1.34. The van der Waals surface area contributed by atoms with Crippen LogP contribution in [0.2, 0.25) is 0 Å². The topological polar surface area (TPSA) is 98.6 Å². The van der Waals surface area contributed by atoms with Crippen LogP contribution in [0.1, 0.15) is 30.9 Å². The van der Waals surface area contributed by atoms with E-state index in [2.05, 4.69) is 19.9 Å². The molecule has 7 heteroatoms. The Balaban J connectivity index is 1.77. The highest BCUT2D eigenvalue weighted by Crippen LogP contribution is 2.33. The van der Waals surface area contributed by atoms with Gasteiger partial charge in [-0.15, -0.1) is 0 Å². The van der Waals surface area contributed by atoms with Crippen molar-refractivity contribution in [3.8, 4) is 6.07 Å². The third-order valence-electron chi connectivity index (χ3n) is 4.62. The van der Waals surface area contributed by atoms with E-state index in [9.17, 15) is 4.79 Å². The third-order valence-corrected chi connectivity index (χ3v) is 4.62. The fourth-order valence-electron chi connectivity index (χ4n) is 3.51. The van der Waals surface area contributed by atoms with E-state index in [1.54, 1.807) is 23.6 Å². The summed E-state index contributed by atoms with van der Waals surface area (Å²) in [5.74, 6) is 0.0924. The first-order chi connectivity index (χ1) is 11.8. The van der Waals surface area contributed by atoms with E-state index in [0.29, 0.717) is 12.2 Å². The summed E-state index contributed by atoms with van der Waals surface area (Å²) >= 11 is 0. The van der Waals surface area contributed by atoms with Gasteiger partial charge in [0.25, 0.3) is 0 Å². The van der Waals surface area contributed by atoms with Crippen molar-refractivity contribution in [3.05, 3.63) is 30.5 Å². The first-order valence-corrected chi connectivity index (χ1v) is 7.99. The first-order valence-electron chi connectivity index (χ1n) is 7.99. The number of rotatable bonds is 2. The Kier molecular flexibility index (Phi) is 3.58. The Labute approximate surface area is 138 Å². The van der Waals surface area contributed by atoms with Crippen molar-refractivity contribution in [2.75, 3.05) is 13.1 Å². The van der Waals surface area contributed by atoms with Gasteiger partial charge >= 0.3 is 0 Å². The number of hydrogen-bond donors (Lipinski definition) is 1. The molecule has 24 heavy (non-hydrogen) atoms. The Morgan fingerprint density at radius 1 is 1.42 bits per heavy atom. The van der Waals surface area contributed by atoms with Crippen molar-refractivity contribution in [3.63, 3.8) is 0 Å². The van der Waals surface area contributed by atoms with Gasteiger partial charge in [-0.3, -0.25) is 4.79 Å². The highest BCUT2D eigenvalue weighted by Gasteiger charge is 2.27. The lowest BCUT2D eigenvalue weighted by Crippen LogP contribution is -2.39. The van der Waals surface area contributed by atoms with Gasteiger partial charge in [-0.2, -0.15) is 5.26 Å². The Morgan fingerprint density at radius 3 is 3.21 bits per heavy atom. The summed E-state index contributed by atoms with van der Waals surface area (Å²) in [7, 11) is 0. The Morgan fingerprint density at radius 2 is 2.33 bits per heavy atom. The van der Waals surface area contributed by atoms with Crippen molar-refractivity contribution < 1.29 is 4.79 Å². The monoisotopic (exact) mass is 320 g/mol. The van der Waals surface area contributed by atoms with E-state index < -0.39 is 0 Å². The van der Waals surface area contributed by atoms with E-state index in [-0.39, 0.29) is 18.2 Å². The predicted octanol–water partition coefficient (Wildman–Crippen LogP) is 2.13. The maximum absolute atomic E-state index is 12.1. The second-order valence-electron chi connectivity index (χ2n) is 6.03. The predicted molar refractivity (Wildman–Crippen MR) is 88.0 cm³/mol. The normalized spacial score (nSPS) is 18.0. The van der Waals surface area contributed by atoms with Crippen LogP contribution in [-0.2, 0) is 4.79 Å². The molecule has 3 aromatic heterocycles. The number of pyridine rings is 1. The average molecular weight is 320 g/mol. The number of carbonyl (C=O) groups is 1. The van der Waals surface area contributed by atoms with Crippen molar-refractivity contribution >= 4 is 27.8 Å². The molecule has 0 aromatic carbocycles. The van der Waals surface area contributed by atoms with E-state index >= 15 is 0 Å². The number of aromatic nitrogens is 4. The summed E-state index contributed by atoms with van der Waals surface area (Å²) in [5, 5.41) is 10.8. The molecule has 1 N–H and O–H groups in total. The second-order valence-corrected chi connectivity index (χ2v) is 6.03. The smallest absolute Gasteiger partial charge is 0.236 e. The molecule has 120 valence electrons. The van der Waals surface area contributed by atoms with Crippen LogP contribution >= 0.6 is 0 Å². The van der Waals surface area contributed by atoms with E-state index in [0.717, 1.165) is 41.4 Å². The first kappa shape index (κ1) is 14.6. The summed E-state index contributed by atoms with van der Waals surface area (Å²) in [4.78, 5) is 30.1. The summed E-state index contributed by atoms with van der Waals surface area (Å²) < 4.78 is 0. The summed E-state index contributed by atoms with van der Waals surface area (Å²) in [6, 6.07) is 3.89. The van der Waals surface area contributed by atoms with Crippen LogP contribution in [0.15, 0.2) is 24.8 Å². The number of nitrogens with zero attached hydrogens (tertiary/aromatic N) is 5. The number of amides is 1. The SMILES string of the molecule is N#CCC(=O)N1CCC[C@H](c2[nH]cnc3cnc4nccc4c23)C1. The zero-order valence-corrected chi connectivity index (χ0v) is 13.1. The lowest BCUT2D eigenvalue weighted by molar-refractivity contribution is -0.131. The van der Waals surface area contributed by atoms with E-state index in [1.807, 2.05) is 12.1 Å². The maximum Gasteiger partial charge on any atom is 0.236 e. The van der Waals surface area contributed by atoms with Crippen molar-refractivity contribution in [1.82, 2.24) is 24.8 Å². The second kappa shape index (κ2) is 5.89. The van der Waals surface area contributed by atoms with Gasteiger partial charge in [0.15, 0.2) is 5.65 Å². The van der Waals surface area contributed by atoms with Crippen molar-refractivity contribution in [1.29, 1.82) is 5.26 Å². The molecule has 0 saturated carbocycles. The molecule has 1 amide bonds. The molecule has 0 bridgehead atoms. The minimum absolute atomic E-state index is 0.0610. The molecule has 0 unspecified atom stereocenters. The highest BCUT2D eigenvalue weighted by molar-refractivity contribution is 6.04. The van der Waals surface area contributed by atoms with Gasteiger partial charge < -0.3 is 9.88 Å². The number of aromatic amines is 1. The van der Waals surface area contributed by atoms with Crippen molar-refractivity contribution in [2.24, 2.45) is 0 Å². The maximum atomic E-state index is 12.1. The number of nitriles is 1. The molecule has 1 saturated heterocycles. The van der Waals surface area contributed by atoms with Gasteiger partial charge in [0.1, 0.15) is 6.42 Å². The van der Waals surface area contributed by atoms with Gasteiger partial charge in [-0.05, 0) is 18.9 Å². The van der Waals surface area contributed by atoms with Crippen LogP contribution in [0.25, 0.3) is 21.9 Å². The number of nitrogens with one attached hydrogen (secondary N) is 1. The van der Waals surface area contributed by atoms with Gasteiger partial charge in [-0.25, -0.2) is 15.0 Å². The van der Waals surface area contributed by atoms with E-state index in [1.165, 1.54) is 0 Å². The molecule has 1 aliphatic heterocycles. The zero-order chi connectivity index (χ0) is 16.5. The van der Waals surface area contributed by atoms with Gasteiger partial charge in [0, 0.05) is 41.7 Å². The molecule has 4 heterocycles. The van der Waals surface area contributed by atoms with Gasteiger partial charge in [0.05, 0.1) is 24.1 Å². The number of piperidine rings is 1. The van der Waals surface area contributed by atoms with Crippen LogP contribution in [0.3, 0.4) is 0 Å². The lowest BCUT2D eigenvalue weighted by Gasteiger charge is -2.32. The molecule has 1 fully saturated rings. The minimum atomic E-state index is -0.0950. The Bertz CT molecular complexity index is 957. The fourth-order valence-corrected chi connectivity index (χ4v) is 3.51. The highest BCUT2D eigenvalue weighted by atomic mass is 16.2. The van der Waals surface area contributed by atoms with Crippen LogP contribution in [0, 0.1) is 11.3 Å². The molecule has 3 aromatic rings. The molecular formula is C17H16N6O. The molecular weight excluding hydrogens is 304 g/mol. The fraction of sp³-hybridized carbons (Fsp3) is 0.353. The lowest BCUT2D eigenvalue weighted by atomic mass is 9.91. The number of hydrogen-bond acceptors (Lipinski definition) is 5. The Hall–Kier alpha value is -3.01. The van der Waals surface area contributed by atoms with Crippen LogP contribution in [0.4, 0.5) is 0 Å². The minimum Gasteiger partial charge on any atom is -0.349 e. The largest absolute Gasteiger partial charge is 0.349 e. The van der Waals surface area contributed by atoms with Crippen LogP contribution in [0.5, 0.6) is 0 Å². The molecule has 0 aliphatic carbocycles. The molecule has 7 nitrogen and oxygen atoms in total.